The first kappa shape index (κ1) is 13.6. The molecule has 0 amide bonds. The van der Waals surface area contributed by atoms with Crippen LogP contribution in [-0.2, 0) is 13.1 Å². The van der Waals surface area contributed by atoms with Gasteiger partial charge in [0, 0.05) is 18.1 Å². The third-order valence-corrected chi connectivity index (χ3v) is 4.02. The summed E-state index contributed by atoms with van der Waals surface area (Å²) in [7, 11) is 2.10. The van der Waals surface area contributed by atoms with Gasteiger partial charge in [-0.2, -0.15) is 0 Å². The molecule has 0 spiro atoms. The van der Waals surface area contributed by atoms with Crippen molar-refractivity contribution in [3.63, 3.8) is 0 Å². The van der Waals surface area contributed by atoms with Crippen molar-refractivity contribution in [1.82, 2.24) is 14.5 Å². The summed E-state index contributed by atoms with van der Waals surface area (Å²) in [5.41, 5.74) is 2.67. The Morgan fingerprint density at radius 1 is 1.30 bits per heavy atom. The van der Waals surface area contributed by atoms with Crippen LogP contribution < -0.4 is 0 Å². The number of aromatic nitrogens is 2. The molecule has 0 aliphatic carbocycles. The number of hydrogen-bond donors (Lipinski definition) is 0. The van der Waals surface area contributed by atoms with Crippen LogP contribution in [0.1, 0.15) is 17.8 Å². The molecule has 1 aromatic heterocycles. The van der Waals surface area contributed by atoms with Crippen LogP contribution in [0, 0.1) is 12.7 Å². The van der Waals surface area contributed by atoms with Crippen LogP contribution in [0.5, 0.6) is 0 Å². The SMILES string of the molecule is Cc1nc(-c2ccc(Cl)cc2F)n2c1CN(C)CCC2. The highest BCUT2D eigenvalue weighted by Gasteiger charge is 2.21. The number of halogens is 2. The van der Waals surface area contributed by atoms with Crippen molar-refractivity contribution in [1.29, 1.82) is 0 Å². The average molecular weight is 294 g/mol. The van der Waals surface area contributed by atoms with Crippen LogP contribution in [-0.4, -0.2) is 28.0 Å². The van der Waals surface area contributed by atoms with Gasteiger partial charge in [0.25, 0.3) is 0 Å². The molecule has 0 N–H and O–H groups in total. The number of imidazole rings is 1. The fourth-order valence-electron chi connectivity index (χ4n) is 2.76. The molecule has 1 aromatic carbocycles. The monoisotopic (exact) mass is 293 g/mol. The van der Waals surface area contributed by atoms with Crippen LogP contribution in [0.3, 0.4) is 0 Å². The Kier molecular flexibility index (Phi) is 3.52. The summed E-state index contributed by atoms with van der Waals surface area (Å²) in [5.74, 6) is 0.393. The summed E-state index contributed by atoms with van der Waals surface area (Å²) < 4.78 is 16.3. The predicted molar refractivity (Wildman–Crippen MR) is 78.3 cm³/mol. The summed E-state index contributed by atoms with van der Waals surface area (Å²) in [5, 5.41) is 0.408. The topological polar surface area (TPSA) is 21.1 Å². The lowest BCUT2D eigenvalue weighted by Gasteiger charge is -2.12. The minimum atomic E-state index is -0.317. The second-order valence-electron chi connectivity index (χ2n) is 5.33. The minimum Gasteiger partial charge on any atom is -0.326 e. The van der Waals surface area contributed by atoms with E-state index in [-0.39, 0.29) is 5.82 Å². The molecular formula is C15H17ClFN3. The standard InChI is InChI=1S/C15H17ClFN3/c1-10-14-9-19(2)6-3-7-20(14)15(18-10)12-5-4-11(16)8-13(12)17/h4-5,8H,3,6-7,9H2,1-2H3. The summed E-state index contributed by atoms with van der Waals surface area (Å²) in [6.07, 6.45) is 1.04. The zero-order valence-corrected chi connectivity index (χ0v) is 12.4. The summed E-state index contributed by atoms with van der Waals surface area (Å²) in [6, 6.07) is 4.76. The zero-order valence-electron chi connectivity index (χ0n) is 11.7. The minimum absolute atomic E-state index is 0.317. The molecule has 20 heavy (non-hydrogen) atoms. The molecule has 5 heteroatoms. The van der Waals surface area contributed by atoms with Crippen LogP contribution in [0.15, 0.2) is 18.2 Å². The van der Waals surface area contributed by atoms with Gasteiger partial charge in [-0.25, -0.2) is 9.37 Å². The number of nitrogens with zero attached hydrogens (tertiary/aromatic N) is 3. The Bertz CT molecular complexity index is 651. The molecule has 106 valence electrons. The lowest BCUT2D eigenvalue weighted by Crippen LogP contribution is -2.17. The first-order chi connectivity index (χ1) is 9.56. The van der Waals surface area contributed by atoms with Crippen molar-refractivity contribution >= 4 is 11.6 Å². The molecule has 0 saturated heterocycles. The van der Waals surface area contributed by atoms with E-state index in [2.05, 4.69) is 21.5 Å². The maximum absolute atomic E-state index is 14.1. The van der Waals surface area contributed by atoms with E-state index in [1.807, 2.05) is 6.92 Å². The maximum atomic E-state index is 14.1. The van der Waals surface area contributed by atoms with E-state index in [1.54, 1.807) is 12.1 Å². The van der Waals surface area contributed by atoms with Crippen LogP contribution in [0.4, 0.5) is 4.39 Å². The Morgan fingerprint density at radius 2 is 2.10 bits per heavy atom. The Balaban J connectivity index is 2.13. The van der Waals surface area contributed by atoms with Crippen LogP contribution in [0.25, 0.3) is 11.4 Å². The number of aryl methyl sites for hydroxylation is 1. The van der Waals surface area contributed by atoms with E-state index in [1.165, 1.54) is 11.8 Å². The highest BCUT2D eigenvalue weighted by molar-refractivity contribution is 6.30. The highest BCUT2D eigenvalue weighted by Crippen LogP contribution is 2.28. The molecule has 2 heterocycles. The molecule has 0 fully saturated rings. The molecule has 1 aliphatic rings. The van der Waals surface area contributed by atoms with E-state index in [0.29, 0.717) is 16.4 Å². The third kappa shape index (κ3) is 2.34. The lowest BCUT2D eigenvalue weighted by atomic mass is 10.2. The zero-order chi connectivity index (χ0) is 14.3. The molecule has 2 aromatic rings. The van der Waals surface area contributed by atoms with Crippen LogP contribution in [0.2, 0.25) is 5.02 Å². The van der Waals surface area contributed by atoms with E-state index in [4.69, 9.17) is 11.6 Å². The predicted octanol–water partition coefficient (Wildman–Crippen LogP) is 3.49. The number of hydrogen-bond acceptors (Lipinski definition) is 2. The molecule has 1 aliphatic heterocycles. The second-order valence-corrected chi connectivity index (χ2v) is 5.77. The summed E-state index contributed by atoms with van der Waals surface area (Å²) in [6.45, 7) is 4.76. The number of fused-ring (bicyclic) bond motifs is 1. The molecule has 0 unspecified atom stereocenters. The van der Waals surface area contributed by atoms with Gasteiger partial charge in [0.2, 0.25) is 0 Å². The first-order valence-electron chi connectivity index (χ1n) is 6.76. The van der Waals surface area contributed by atoms with Gasteiger partial charge in [0.1, 0.15) is 11.6 Å². The van der Waals surface area contributed by atoms with Crippen molar-refractivity contribution < 1.29 is 4.39 Å². The quantitative estimate of drug-likeness (QED) is 0.802. The molecule has 0 atom stereocenters. The van der Waals surface area contributed by atoms with Gasteiger partial charge >= 0.3 is 0 Å². The Labute approximate surface area is 123 Å². The first-order valence-corrected chi connectivity index (χ1v) is 7.14. The largest absolute Gasteiger partial charge is 0.326 e. The van der Waals surface area contributed by atoms with Gasteiger partial charge in [0.15, 0.2) is 0 Å². The fourth-order valence-corrected chi connectivity index (χ4v) is 2.92. The molecule has 0 bridgehead atoms. The van der Waals surface area contributed by atoms with Crippen molar-refractivity contribution in [3.05, 3.63) is 40.4 Å². The van der Waals surface area contributed by atoms with E-state index < -0.39 is 0 Å². The van der Waals surface area contributed by atoms with Gasteiger partial charge in [-0.05, 0) is 45.1 Å². The van der Waals surface area contributed by atoms with Crippen molar-refractivity contribution in [2.45, 2.75) is 26.4 Å². The van der Waals surface area contributed by atoms with Crippen molar-refractivity contribution in [2.75, 3.05) is 13.6 Å². The summed E-state index contributed by atoms with van der Waals surface area (Å²) in [4.78, 5) is 6.86. The van der Waals surface area contributed by atoms with E-state index in [0.717, 1.165) is 31.7 Å². The molecule has 3 nitrogen and oxygen atoms in total. The van der Waals surface area contributed by atoms with Gasteiger partial charge in [0.05, 0.1) is 17.0 Å². The molecular weight excluding hydrogens is 277 g/mol. The molecule has 0 radical (unpaired) electrons. The van der Waals surface area contributed by atoms with E-state index in [9.17, 15) is 4.39 Å². The Morgan fingerprint density at radius 3 is 2.85 bits per heavy atom. The van der Waals surface area contributed by atoms with E-state index >= 15 is 0 Å². The maximum Gasteiger partial charge on any atom is 0.143 e. The van der Waals surface area contributed by atoms with Crippen molar-refractivity contribution in [3.8, 4) is 11.4 Å². The molecule has 3 rings (SSSR count). The van der Waals surface area contributed by atoms with Gasteiger partial charge < -0.3 is 9.47 Å². The van der Waals surface area contributed by atoms with Crippen molar-refractivity contribution in [2.24, 2.45) is 0 Å². The number of benzene rings is 1. The van der Waals surface area contributed by atoms with Crippen LogP contribution >= 0.6 is 11.6 Å². The third-order valence-electron chi connectivity index (χ3n) is 3.79. The average Bonchev–Trinajstić information content (AvgIpc) is 2.58. The van der Waals surface area contributed by atoms with Gasteiger partial charge in [-0.1, -0.05) is 11.6 Å². The van der Waals surface area contributed by atoms with Gasteiger partial charge in [-0.3, -0.25) is 0 Å². The highest BCUT2D eigenvalue weighted by atomic mass is 35.5. The Hall–Kier alpha value is -1.39. The van der Waals surface area contributed by atoms with Gasteiger partial charge in [-0.15, -0.1) is 0 Å². The summed E-state index contributed by atoms with van der Waals surface area (Å²) >= 11 is 5.82. The molecule has 0 saturated carbocycles. The normalized spacial score (nSPS) is 16.0. The lowest BCUT2D eigenvalue weighted by molar-refractivity contribution is 0.331. The second kappa shape index (κ2) is 5.19. The fraction of sp³-hybridized carbons (Fsp3) is 0.400. The smallest absolute Gasteiger partial charge is 0.143 e. The number of rotatable bonds is 1.